The van der Waals surface area contributed by atoms with Crippen LogP contribution < -0.4 is 0 Å². The van der Waals surface area contributed by atoms with Gasteiger partial charge in [0.25, 0.3) is 0 Å². The summed E-state index contributed by atoms with van der Waals surface area (Å²) >= 11 is 0. The molecule has 33 unspecified atom stereocenters. The van der Waals surface area contributed by atoms with Gasteiger partial charge in [0.1, 0.15) is 0 Å². The minimum atomic E-state index is 0.0367. The molecule has 6 aliphatic heterocycles. The maximum Gasteiger partial charge on any atom is 0.0218 e. The predicted molar refractivity (Wildman–Crippen MR) is 245 cm³/mol. The number of hydrogen-bond donors (Lipinski definition) is 0. The smallest absolute Gasteiger partial charge is 0.0218 e. The van der Waals surface area contributed by atoms with Gasteiger partial charge in [-0.3, -0.25) is 14.7 Å². The lowest BCUT2D eigenvalue weighted by Gasteiger charge is -2.84. The van der Waals surface area contributed by atoms with Crippen molar-refractivity contribution >= 4 is 7.92 Å². The van der Waals surface area contributed by atoms with Gasteiger partial charge in [-0.05, 0) is 259 Å². The Bertz CT molecular complexity index is 1680. The Hall–Kier alpha value is 0.310. The molecule has 6 saturated heterocycles. The number of rotatable bonds is 0. The molecule has 0 spiro atoms. The molecule has 18 aliphatic rings. The van der Waals surface area contributed by atoms with Gasteiger partial charge in [0.15, 0.2) is 0 Å². The molecule has 18 fully saturated rings. The van der Waals surface area contributed by atoms with Crippen molar-refractivity contribution in [3.63, 3.8) is 0 Å². The molecule has 0 aromatic carbocycles. The fraction of sp³-hybridized carbons (Fsp3) is 1.00. The summed E-state index contributed by atoms with van der Waals surface area (Å²) < 4.78 is 0. The second kappa shape index (κ2) is 12.1. The number of fused-ring (bicyclic) bond motifs is 6. The zero-order valence-electron chi connectivity index (χ0n) is 38.7. The summed E-state index contributed by atoms with van der Waals surface area (Å²) in [5.41, 5.74) is 3.28. The van der Waals surface area contributed by atoms with Gasteiger partial charge >= 0.3 is 0 Å². The minimum absolute atomic E-state index is 0.0367. The maximum atomic E-state index is 3.77. The average Bonchev–Trinajstić information content (AvgIpc) is 3.29. The van der Waals surface area contributed by atoms with E-state index in [1.54, 1.807) is 135 Å². The van der Waals surface area contributed by atoms with Crippen molar-refractivity contribution in [3.05, 3.63) is 0 Å². The lowest BCUT2D eigenvalue weighted by Crippen LogP contribution is -2.89. The van der Waals surface area contributed by atoms with Crippen LogP contribution in [0.1, 0.15) is 156 Å². The first-order valence-corrected chi connectivity index (χ1v) is 30.7. The Balaban J connectivity index is 0.885. The number of hydrogen-bond acceptors (Lipinski definition) is 3. The molecule has 12 saturated carbocycles. The van der Waals surface area contributed by atoms with E-state index in [0.29, 0.717) is 0 Å². The summed E-state index contributed by atoms with van der Waals surface area (Å²) in [6.45, 7) is 8.30. The van der Waals surface area contributed by atoms with E-state index in [1.807, 2.05) is 0 Å². The van der Waals surface area contributed by atoms with E-state index >= 15 is 0 Å². The van der Waals surface area contributed by atoms with Crippen LogP contribution in [-0.4, -0.2) is 86.1 Å². The normalized spacial score (nSPS) is 71.3. The monoisotopic (exact) mass is 842 g/mol. The highest BCUT2D eigenvalue weighted by molar-refractivity contribution is 7.60. The van der Waals surface area contributed by atoms with Crippen molar-refractivity contribution < 1.29 is 0 Å². The molecule has 0 amide bonds. The summed E-state index contributed by atoms with van der Waals surface area (Å²) in [7, 11) is 0.0367. The second-order valence-electron chi connectivity index (χ2n) is 28.7. The highest BCUT2D eigenvalue weighted by atomic mass is 31.1. The van der Waals surface area contributed by atoms with Crippen molar-refractivity contribution in [2.75, 3.05) is 0 Å². The van der Waals surface area contributed by atoms with Gasteiger partial charge in [-0.1, -0.05) is 28.7 Å². The molecule has 6 heterocycles. The van der Waals surface area contributed by atoms with Gasteiger partial charge in [0.2, 0.25) is 0 Å². The summed E-state index contributed by atoms with van der Waals surface area (Å²) in [4.78, 5) is 11.3. The SMILES string of the molecule is CC1CCC2C3C1CCC1CCC4CC5C6C(C4C13)N2C1CC2CCC3CCC4C(C)CCC7C4C3C2C2C1P6C1C(CC3CCC4CCC6C(C)CCC8C6C4C3C1N85)N72. The van der Waals surface area contributed by atoms with Gasteiger partial charge in [-0.15, -0.1) is 0 Å². The molecule has 18 rings (SSSR count). The van der Waals surface area contributed by atoms with E-state index in [1.165, 1.54) is 0 Å². The molecule has 0 radical (unpaired) electrons. The van der Waals surface area contributed by atoms with Crippen LogP contribution in [0.15, 0.2) is 0 Å². The van der Waals surface area contributed by atoms with Crippen LogP contribution in [0, 0.1) is 124 Å². The Kier molecular flexibility index (Phi) is 7.22. The van der Waals surface area contributed by atoms with Crippen LogP contribution >= 0.6 is 7.92 Å². The van der Waals surface area contributed by atoms with Crippen LogP contribution in [0.5, 0.6) is 0 Å². The van der Waals surface area contributed by atoms with E-state index in [-0.39, 0.29) is 7.92 Å². The summed E-state index contributed by atoms with van der Waals surface area (Å²) in [6.07, 6.45) is 34.2. The van der Waals surface area contributed by atoms with Crippen molar-refractivity contribution in [3.8, 4) is 0 Å². The van der Waals surface area contributed by atoms with E-state index in [9.17, 15) is 0 Å². The summed E-state index contributed by atoms with van der Waals surface area (Å²) in [5.74, 6) is 22.6. The zero-order chi connectivity index (χ0) is 39.2. The lowest BCUT2D eigenvalue weighted by molar-refractivity contribution is -0.261. The number of nitrogens with zero attached hydrogens (tertiary/aromatic N) is 3. The average molecular weight is 842 g/mol. The Labute approximate surface area is 372 Å². The van der Waals surface area contributed by atoms with Gasteiger partial charge in [0, 0.05) is 71.4 Å². The molecule has 12 aliphatic carbocycles. The van der Waals surface area contributed by atoms with E-state index in [0.717, 1.165) is 196 Å². The molecule has 33 atom stereocenters. The van der Waals surface area contributed by atoms with Crippen LogP contribution in [0.25, 0.3) is 0 Å². The first-order valence-electron chi connectivity index (χ1n) is 29.1. The topological polar surface area (TPSA) is 9.72 Å². The minimum Gasteiger partial charge on any atom is -0.293 e. The Morgan fingerprint density at radius 2 is 0.574 bits per heavy atom. The third-order valence-electron chi connectivity index (χ3n) is 28.4. The molecule has 61 heavy (non-hydrogen) atoms. The Morgan fingerprint density at radius 1 is 0.279 bits per heavy atom. The maximum absolute atomic E-state index is 3.77. The van der Waals surface area contributed by atoms with Gasteiger partial charge in [-0.2, -0.15) is 0 Å². The first-order chi connectivity index (χ1) is 30.0. The van der Waals surface area contributed by atoms with E-state index < -0.39 is 0 Å². The quantitative estimate of drug-likeness (QED) is 0.225. The molecule has 0 bridgehead atoms. The van der Waals surface area contributed by atoms with E-state index in [2.05, 4.69) is 35.5 Å². The largest absolute Gasteiger partial charge is 0.293 e. The highest BCUT2D eigenvalue weighted by Gasteiger charge is 2.80. The summed E-state index contributed by atoms with van der Waals surface area (Å²) in [5, 5.41) is 0. The highest BCUT2D eigenvalue weighted by Crippen LogP contribution is 2.82. The van der Waals surface area contributed by atoms with Crippen LogP contribution in [0.4, 0.5) is 0 Å². The fourth-order valence-corrected chi connectivity index (χ4v) is 33.1. The third-order valence-corrected chi connectivity index (χ3v) is 32.5. The van der Waals surface area contributed by atoms with Gasteiger partial charge in [-0.25, -0.2) is 0 Å². The van der Waals surface area contributed by atoms with Gasteiger partial charge < -0.3 is 0 Å². The predicted octanol–water partition coefficient (Wildman–Crippen LogP) is 11.2. The molecular weight excluding hydrogens is 758 g/mol. The van der Waals surface area contributed by atoms with Gasteiger partial charge in [0.05, 0.1) is 0 Å². The zero-order valence-corrected chi connectivity index (χ0v) is 39.6. The molecule has 3 nitrogen and oxygen atoms in total. The van der Waals surface area contributed by atoms with Crippen molar-refractivity contribution in [2.24, 2.45) is 124 Å². The van der Waals surface area contributed by atoms with Crippen LogP contribution in [-0.2, 0) is 0 Å². The van der Waals surface area contributed by atoms with Crippen LogP contribution in [0.2, 0.25) is 0 Å². The first kappa shape index (κ1) is 36.4. The lowest BCUT2D eigenvalue weighted by atomic mass is 9.42. The molecule has 0 N–H and O–H groups in total. The van der Waals surface area contributed by atoms with Crippen molar-refractivity contribution in [2.45, 2.75) is 227 Å². The fourth-order valence-electron chi connectivity index (χ4n) is 27.7. The molecule has 4 heteroatoms. The second-order valence-corrected chi connectivity index (χ2v) is 31.4. The molecule has 332 valence electrons. The molecular formula is C57H84N3P. The molecule has 0 aromatic rings. The summed E-state index contributed by atoms with van der Waals surface area (Å²) in [6, 6.07) is 8.86. The van der Waals surface area contributed by atoms with Crippen molar-refractivity contribution in [1.82, 2.24) is 14.7 Å². The van der Waals surface area contributed by atoms with Crippen molar-refractivity contribution in [1.29, 1.82) is 0 Å². The number of piperidine rings is 3. The standard InChI is InChI=1S/C57H84N3P/c1-25-4-19-37-49-34(25)16-13-28-7-10-31-22-41-56-52(46(31)43(28)49)58(37)40-23-32-11-8-29-14-17-36-27(3)6-21-39-51(36)44(29)47(32)53-55(40)61(56)57-42(60(39)53)24-33-12-9-30-15-18-35-26(2)5-20-38-50(35)45(30)48(33)54(57)59(38)41/h25-57H,4-24H2,1-3H3. The van der Waals surface area contributed by atoms with Crippen LogP contribution in [0.3, 0.4) is 0 Å². The van der Waals surface area contributed by atoms with E-state index in [4.69, 9.17) is 0 Å². The Morgan fingerprint density at radius 3 is 0.902 bits per heavy atom. The third kappa shape index (κ3) is 4.04. The molecule has 0 aromatic heterocycles.